The first-order valence-corrected chi connectivity index (χ1v) is 6.17. The summed E-state index contributed by atoms with van der Waals surface area (Å²) in [5.74, 6) is 0. The largest absolute Gasteiger partial charge is 0.360 e. The molecule has 0 aliphatic rings. The van der Waals surface area contributed by atoms with E-state index in [1.165, 1.54) is 0 Å². The fourth-order valence-corrected chi connectivity index (χ4v) is 2.34. The van der Waals surface area contributed by atoms with Crippen molar-refractivity contribution < 1.29 is 0 Å². The van der Waals surface area contributed by atoms with Gasteiger partial charge in [0.25, 0.3) is 0 Å². The van der Waals surface area contributed by atoms with Crippen LogP contribution in [0.1, 0.15) is 0 Å². The molecule has 0 saturated carbocycles. The van der Waals surface area contributed by atoms with Crippen LogP contribution in [-0.2, 0) is 0 Å². The van der Waals surface area contributed by atoms with Gasteiger partial charge in [0.1, 0.15) is 0 Å². The topological polar surface area (TPSA) is 41.6 Å². The van der Waals surface area contributed by atoms with E-state index in [0.29, 0.717) is 0 Å². The van der Waals surface area contributed by atoms with Crippen LogP contribution in [0.4, 0.5) is 0 Å². The molecule has 0 unspecified atom stereocenters. The van der Waals surface area contributed by atoms with E-state index < -0.39 is 0 Å². The van der Waals surface area contributed by atoms with Crippen LogP contribution < -0.4 is 0 Å². The SMILES string of the molecule is Clc1ncc(Br)c(-c2c[nH]c3ccccc23)n1. The second-order valence-electron chi connectivity index (χ2n) is 3.58. The van der Waals surface area contributed by atoms with E-state index in [1.807, 2.05) is 30.5 Å². The molecule has 0 spiro atoms. The molecule has 0 aliphatic carbocycles. The van der Waals surface area contributed by atoms with Crippen LogP contribution in [0.25, 0.3) is 22.2 Å². The molecule has 0 saturated heterocycles. The third-order valence-electron chi connectivity index (χ3n) is 2.56. The summed E-state index contributed by atoms with van der Waals surface area (Å²) in [5, 5.41) is 1.36. The van der Waals surface area contributed by atoms with Crippen LogP contribution in [0, 0.1) is 0 Å². The number of fused-ring (bicyclic) bond motifs is 1. The molecular weight excluding hydrogens is 302 g/mol. The summed E-state index contributed by atoms with van der Waals surface area (Å²) in [6.45, 7) is 0. The lowest BCUT2D eigenvalue weighted by Crippen LogP contribution is -1.88. The number of hydrogen-bond acceptors (Lipinski definition) is 2. The van der Waals surface area contributed by atoms with E-state index in [1.54, 1.807) is 6.20 Å². The normalized spacial score (nSPS) is 10.9. The lowest BCUT2D eigenvalue weighted by molar-refractivity contribution is 1.16. The van der Waals surface area contributed by atoms with E-state index in [9.17, 15) is 0 Å². The van der Waals surface area contributed by atoms with Gasteiger partial charge in [0.05, 0.1) is 10.2 Å². The number of rotatable bonds is 1. The average molecular weight is 309 g/mol. The zero-order valence-electron chi connectivity index (χ0n) is 8.61. The molecule has 2 heterocycles. The van der Waals surface area contributed by atoms with Crippen LogP contribution in [0.5, 0.6) is 0 Å². The summed E-state index contributed by atoms with van der Waals surface area (Å²) in [4.78, 5) is 11.4. The van der Waals surface area contributed by atoms with E-state index in [2.05, 4.69) is 30.9 Å². The van der Waals surface area contributed by atoms with Crippen LogP contribution in [0.3, 0.4) is 0 Å². The minimum absolute atomic E-state index is 0.244. The summed E-state index contributed by atoms with van der Waals surface area (Å²) >= 11 is 9.27. The smallest absolute Gasteiger partial charge is 0.222 e. The van der Waals surface area contributed by atoms with Gasteiger partial charge in [-0.1, -0.05) is 18.2 Å². The van der Waals surface area contributed by atoms with Crippen LogP contribution >= 0.6 is 27.5 Å². The number of aromatic nitrogens is 3. The molecule has 2 aromatic heterocycles. The van der Waals surface area contributed by atoms with Crippen molar-refractivity contribution in [1.82, 2.24) is 15.0 Å². The molecule has 1 aromatic carbocycles. The molecule has 0 amide bonds. The molecule has 0 fully saturated rings. The van der Waals surface area contributed by atoms with E-state index in [0.717, 1.165) is 26.6 Å². The number of halogens is 2. The van der Waals surface area contributed by atoms with Crippen molar-refractivity contribution in [3.63, 3.8) is 0 Å². The fourth-order valence-electron chi connectivity index (χ4n) is 1.80. The Kier molecular flexibility index (Phi) is 2.61. The number of benzene rings is 1. The Hall–Kier alpha value is -1.39. The van der Waals surface area contributed by atoms with Gasteiger partial charge in [-0.25, -0.2) is 9.97 Å². The fraction of sp³-hybridized carbons (Fsp3) is 0. The van der Waals surface area contributed by atoms with Gasteiger partial charge in [0.2, 0.25) is 5.28 Å². The van der Waals surface area contributed by atoms with Crippen molar-refractivity contribution >= 4 is 38.4 Å². The Labute approximate surface area is 111 Å². The van der Waals surface area contributed by atoms with E-state index >= 15 is 0 Å². The van der Waals surface area contributed by atoms with Gasteiger partial charge in [0, 0.05) is 28.9 Å². The highest BCUT2D eigenvalue weighted by Gasteiger charge is 2.11. The van der Waals surface area contributed by atoms with Crippen molar-refractivity contribution in [2.75, 3.05) is 0 Å². The first kappa shape index (κ1) is 10.7. The molecule has 0 aliphatic heterocycles. The highest BCUT2D eigenvalue weighted by atomic mass is 79.9. The summed E-state index contributed by atoms with van der Waals surface area (Å²) in [5.41, 5.74) is 2.88. The average Bonchev–Trinajstić information content (AvgIpc) is 2.76. The molecule has 0 bridgehead atoms. The number of nitrogens with zero attached hydrogens (tertiary/aromatic N) is 2. The third kappa shape index (κ3) is 1.83. The quantitative estimate of drug-likeness (QED) is 0.689. The zero-order valence-corrected chi connectivity index (χ0v) is 11.0. The predicted molar refractivity (Wildman–Crippen MR) is 72.0 cm³/mol. The van der Waals surface area contributed by atoms with Gasteiger partial charge in [-0.2, -0.15) is 0 Å². The van der Waals surface area contributed by atoms with Gasteiger partial charge in [0.15, 0.2) is 0 Å². The maximum absolute atomic E-state index is 5.83. The van der Waals surface area contributed by atoms with Crippen molar-refractivity contribution in [1.29, 1.82) is 0 Å². The first-order valence-electron chi connectivity index (χ1n) is 5.00. The van der Waals surface area contributed by atoms with Gasteiger partial charge >= 0.3 is 0 Å². The van der Waals surface area contributed by atoms with Crippen molar-refractivity contribution in [3.05, 3.63) is 46.4 Å². The summed E-state index contributed by atoms with van der Waals surface area (Å²) in [6.07, 6.45) is 3.58. The van der Waals surface area contributed by atoms with Crippen LogP contribution in [-0.4, -0.2) is 15.0 Å². The Bertz CT molecular complexity index is 693. The Balaban J connectivity index is 2.31. The molecule has 5 heteroatoms. The molecule has 3 aromatic rings. The molecular formula is C12H7BrClN3. The number of para-hydroxylation sites is 1. The van der Waals surface area contributed by atoms with Crippen molar-refractivity contribution in [2.45, 2.75) is 0 Å². The van der Waals surface area contributed by atoms with Gasteiger partial charge in [-0.15, -0.1) is 0 Å². The Morgan fingerprint density at radius 3 is 2.94 bits per heavy atom. The van der Waals surface area contributed by atoms with Crippen molar-refractivity contribution in [2.24, 2.45) is 0 Å². The highest BCUT2D eigenvalue weighted by molar-refractivity contribution is 9.10. The lowest BCUT2D eigenvalue weighted by Gasteiger charge is -2.01. The standard InChI is InChI=1S/C12H7BrClN3/c13-9-6-16-12(14)17-11(9)8-5-15-10-4-2-1-3-7(8)10/h1-6,15H. The molecule has 84 valence electrons. The maximum Gasteiger partial charge on any atom is 0.222 e. The van der Waals surface area contributed by atoms with Gasteiger partial charge < -0.3 is 4.98 Å². The zero-order chi connectivity index (χ0) is 11.8. The van der Waals surface area contributed by atoms with E-state index in [4.69, 9.17) is 11.6 Å². The lowest BCUT2D eigenvalue weighted by atomic mass is 10.1. The molecule has 0 radical (unpaired) electrons. The monoisotopic (exact) mass is 307 g/mol. The molecule has 17 heavy (non-hydrogen) atoms. The first-order chi connectivity index (χ1) is 8.25. The minimum Gasteiger partial charge on any atom is -0.360 e. The van der Waals surface area contributed by atoms with Crippen molar-refractivity contribution in [3.8, 4) is 11.3 Å². The maximum atomic E-state index is 5.83. The Morgan fingerprint density at radius 2 is 2.06 bits per heavy atom. The second kappa shape index (κ2) is 4.13. The number of aromatic amines is 1. The molecule has 3 nitrogen and oxygen atoms in total. The summed E-state index contributed by atoms with van der Waals surface area (Å²) in [7, 11) is 0. The minimum atomic E-state index is 0.244. The summed E-state index contributed by atoms with van der Waals surface area (Å²) < 4.78 is 0.826. The third-order valence-corrected chi connectivity index (χ3v) is 3.32. The second-order valence-corrected chi connectivity index (χ2v) is 4.78. The van der Waals surface area contributed by atoms with Gasteiger partial charge in [-0.3, -0.25) is 0 Å². The Morgan fingerprint density at radius 1 is 1.24 bits per heavy atom. The number of hydrogen-bond donors (Lipinski definition) is 1. The van der Waals surface area contributed by atoms with Gasteiger partial charge in [-0.05, 0) is 33.6 Å². The summed E-state index contributed by atoms with van der Waals surface area (Å²) in [6, 6.07) is 8.06. The molecule has 1 N–H and O–H groups in total. The molecule has 3 rings (SSSR count). The van der Waals surface area contributed by atoms with Crippen LogP contribution in [0.15, 0.2) is 41.1 Å². The molecule has 0 atom stereocenters. The van der Waals surface area contributed by atoms with E-state index in [-0.39, 0.29) is 5.28 Å². The number of H-pyrrole nitrogens is 1. The predicted octanol–water partition coefficient (Wildman–Crippen LogP) is 4.04. The van der Waals surface area contributed by atoms with Crippen LogP contribution in [0.2, 0.25) is 5.28 Å². The highest BCUT2D eigenvalue weighted by Crippen LogP contribution is 2.32. The number of nitrogens with one attached hydrogen (secondary N) is 1.